The van der Waals surface area contributed by atoms with Gasteiger partial charge >= 0.3 is 0 Å². The van der Waals surface area contributed by atoms with Crippen LogP contribution in [0, 0.1) is 0 Å². The van der Waals surface area contributed by atoms with Gasteiger partial charge in [0, 0.05) is 19.1 Å². The lowest BCUT2D eigenvalue weighted by Gasteiger charge is -2.38. The van der Waals surface area contributed by atoms with Crippen molar-refractivity contribution < 1.29 is 14.3 Å². The predicted molar refractivity (Wildman–Crippen MR) is 67.6 cm³/mol. The molecular formula is C14H17NO3. The molecular weight excluding hydrogens is 230 g/mol. The van der Waals surface area contributed by atoms with Crippen LogP contribution in [0.2, 0.25) is 0 Å². The zero-order valence-electron chi connectivity index (χ0n) is 10.5. The second-order valence-electron chi connectivity index (χ2n) is 4.87. The van der Waals surface area contributed by atoms with Crippen LogP contribution in [0.1, 0.15) is 26.2 Å². The number of hydrogen-bond donors (Lipinski definition) is 0. The Hall–Kier alpha value is -1.42. The monoisotopic (exact) mass is 247 g/mol. The lowest BCUT2D eigenvalue weighted by atomic mass is 9.89. The van der Waals surface area contributed by atoms with Crippen LogP contribution in [-0.4, -0.2) is 36.4 Å². The zero-order valence-corrected chi connectivity index (χ0v) is 10.5. The molecule has 1 heterocycles. The first-order chi connectivity index (χ1) is 8.76. The molecule has 4 heteroatoms. The largest absolute Gasteiger partial charge is 0.486 e. The molecule has 3 unspecified atom stereocenters. The number of allylic oxidation sites excluding steroid dienone is 3. The average molecular weight is 247 g/mol. The van der Waals surface area contributed by atoms with E-state index in [1.807, 2.05) is 6.92 Å². The Morgan fingerprint density at radius 1 is 1.44 bits per heavy atom. The zero-order chi connectivity index (χ0) is 12.5. The van der Waals surface area contributed by atoms with Crippen LogP contribution in [0.15, 0.2) is 29.0 Å². The first kappa shape index (κ1) is 11.7. The number of fused-ring (bicyclic) bond motifs is 2. The quantitative estimate of drug-likeness (QED) is 0.699. The number of nitrogens with zero attached hydrogens (tertiary/aromatic N) is 1. The highest BCUT2D eigenvalue weighted by Crippen LogP contribution is 2.32. The van der Waals surface area contributed by atoms with Gasteiger partial charge in [-0.3, -0.25) is 9.79 Å². The molecule has 18 heavy (non-hydrogen) atoms. The molecule has 3 aliphatic rings. The van der Waals surface area contributed by atoms with Crippen LogP contribution < -0.4 is 0 Å². The third-order valence-corrected chi connectivity index (χ3v) is 3.63. The Bertz CT molecular complexity index is 450. The Kier molecular flexibility index (Phi) is 3.04. The SMILES string of the molecule is CCOC1CCC2N=C3C=CC(=O)C=C3OC2C1. The molecule has 96 valence electrons. The van der Waals surface area contributed by atoms with Crippen molar-refractivity contribution in [2.45, 2.75) is 44.4 Å². The highest BCUT2D eigenvalue weighted by molar-refractivity contribution is 6.18. The minimum Gasteiger partial charge on any atom is -0.486 e. The van der Waals surface area contributed by atoms with Crippen molar-refractivity contribution in [2.24, 2.45) is 4.99 Å². The minimum absolute atomic E-state index is 0.0282. The fraction of sp³-hybridized carbons (Fsp3) is 0.571. The average Bonchev–Trinajstić information content (AvgIpc) is 2.36. The van der Waals surface area contributed by atoms with E-state index in [2.05, 4.69) is 4.99 Å². The molecule has 1 fully saturated rings. The fourth-order valence-corrected chi connectivity index (χ4v) is 2.78. The molecule has 0 amide bonds. The fourth-order valence-electron chi connectivity index (χ4n) is 2.78. The Morgan fingerprint density at radius 2 is 2.33 bits per heavy atom. The standard InChI is InChI=1S/C14H17NO3/c1-2-17-10-4-6-12-14(8-10)18-13-7-9(16)3-5-11(13)15-12/h3,5,7,10,12,14H,2,4,6,8H2,1H3. The van der Waals surface area contributed by atoms with E-state index in [-0.39, 0.29) is 24.0 Å². The van der Waals surface area contributed by atoms with Crippen LogP contribution >= 0.6 is 0 Å². The summed E-state index contributed by atoms with van der Waals surface area (Å²) in [5, 5.41) is 0. The van der Waals surface area contributed by atoms with Gasteiger partial charge in [-0.05, 0) is 31.9 Å². The van der Waals surface area contributed by atoms with Crippen molar-refractivity contribution in [2.75, 3.05) is 6.61 Å². The van der Waals surface area contributed by atoms with Gasteiger partial charge in [0.1, 0.15) is 17.6 Å². The maximum atomic E-state index is 11.3. The summed E-state index contributed by atoms with van der Waals surface area (Å²) < 4.78 is 11.6. The normalized spacial score (nSPS) is 34.1. The van der Waals surface area contributed by atoms with Gasteiger partial charge in [-0.25, -0.2) is 0 Å². The smallest absolute Gasteiger partial charge is 0.182 e. The van der Waals surface area contributed by atoms with Crippen molar-refractivity contribution >= 4 is 11.5 Å². The van der Waals surface area contributed by atoms with Crippen LogP contribution in [-0.2, 0) is 14.3 Å². The minimum atomic E-state index is -0.0282. The molecule has 3 atom stereocenters. The summed E-state index contributed by atoms with van der Waals surface area (Å²) in [6, 6.07) is 0.215. The first-order valence-electron chi connectivity index (χ1n) is 6.56. The van der Waals surface area contributed by atoms with E-state index < -0.39 is 0 Å². The van der Waals surface area contributed by atoms with E-state index in [1.54, 1.807) is 6.08 Å². The van der Waals surface area contributed by atoms with E-state index in [4.69, 9.17) is 9.47 Å². The molecule has 0 bridgehead atoms. The van der Waals surface area contributed by atoms with E-state index >= 15 is 0 Å². The molecule has 4 nitrogen and oxygen atoms in total. The molecule has 3 rings (SSSR count). The van der Waals surface area contributed by atoms with E-state index in [0.29, 0.717) is 5.76 Å². The number of carbonyl (C=O) groups is 1. The van der Waals surface area contributed by atoms with E-state index in [9.17, 15) is 4.79 Å². The second-order valence-corrected chi connectivity index (χ2v) is 4.87. The Labute approximate surface area is 106 Å². The van der Waals surface area contributed by atoms with Crippen molar-refractivity contribution in [1.29, 1.82) is 0 Å². The van der Waals surface area contributed by atoms with Crippen molar-refractivity contribution in [3.05, 3.63) is 24.0 Å². The molecule has 0 saturated heterocycles. The Balaban J connectivity index is 1.78. The highest BCUT2D eigenvalue weighted by atomic mass is 16.5. The number of ketones is 1. The molecule has 0 radical (unpaired) electrons. The molecule has 2 aliphatic carbocycles. The molecule has 0 spiro atoms. The lowest BCUT2D eigenvalue weighted by molar-refractivity contribution is -0.110. The topological polar surface area (TPSA) is 47.9 Å². The third-order valence-electron chi connectivity index (χ3n) is 3.63. The van der Waals surface area contributed by atoms with Gasteiger partial charge in [0.2, 0.25) is 0 Å². The van der Waals surface area contributed by atoms with Gasteiger partial charge < -0.3 is 9.47 Å². The molecule has 1 saturated carbocycles. The number of rotatable bonds is 2. The second kappa shape index (κ2) is 4.69. The van der Waals surface area contributed by atoms with Crippen molar-refractivity contribution in [3.8, 4) is 0 Å². The maximum Gasteiger partial charge on any atom is 0.182 e. The molecule has 0 N–H and O–H groups in total. The van der Waals surface area contributed by atoms with Crippen LogP contribution in [0.3, 0.4) is 0 Å². The highest BCUT2D eigenvalue weighted by Gasteiger charge is 2.36. The summed E-state index contributed by atoms with van der Waals surface area (Å²) in [6.45, 7) is 2.75. The van der Waals surface area contributed by atoms with Gasteiger partial charge in [0.15, 0.2) is 5.78 Å². The number of ether oxygens (including phenoxy) is 2. The Morgan fingerprint density at radius 3 is 3.17 bits per heavy atom. The van der Waals surface area contributed by atoms with Crippen LogP contribution in [0.4, 0.5) is 0 Å². The first-order valence-corrected chi connectivity index (χ1v) is 6.56. The van der Waals surface area contributed by atoms with Crippen LogP contribution in [0.25, 0.3) is 0 Å². The maximum absolute atomic E-state index is 11.3. The van der Waals surface area contributed by atoms with Gasteiger partial charge in [-0.2, -0.15) is 0 Å². The van der Waals surface area contributed by atoms with Crippen molar-refractivity contribution in [3.63, 3.8) is 0 Å². The number of hydrogen-bond acceptors (Lipinski definition) is 4. The third kappa shape index (κ3) is 2.12. The van der Waals surface area contributed by atoms with Gasteiger partial charge in [-0.15, -0.1) is 0 Å². The summed E-state index contributed by atoms with van der Waals surface area (Å²) in [6.07, 6.45) is 8.04. The summed E-state index contributed by atoms with van der Waals surface area (Å²) >= 11 is 0. The van der Waals surface area contributed by atoms with Crippen LogP contribution in [0.5, 0.6) is 0 Å². The molecule has 1 aliphatic heterocycles. The molecule has 0 aromatic rings. The van der Waals surface area contributed by atoms with E-state index in [0.717, 1.165) is 31.6 Å². The van der Waals surface area contributed by atoms with Crippen molar-refractivity contribution in [1.82, 2.24) is 0 Å². The predicted octanol–water partition coefficient (Wildman–Crippen LogP) is 1.81. The molecule has 0 aromatic heterocycles. The van der Waals surface area contributed by atoms with Gasteiger partial charge in [0.25, 0.3) is 0 Å². The number of carbonyl (C=O) groups excluding carboxylic acids is 1. The summed E-state index contributed by atoms with van der Waals surface area (Å²) in [5.41, 5.74) is 0.811. The van der Waals surface area contributed by atoms with Gasteiger partial charge in [0.05, 0.1) is 12.1 Å². The lowest BCUT2D eigenvalue weighted by Crippen LogP contribution is -2.42. The summed E-state index contributed by atoms with van der Waals surface area (Å²) in [4.78, 5) is 16.0. The number of aliphatic imine (C=N–C) groups is 1. The molecule has 0 aromatic carbocycles. The summed E-state index contributed by atoms with van der Waals surface area (Å²) in [5.74, 6) is 0.598. The summed E-state index contributed by atoms with van der Waals surface area (Å²) in [7, 11) is 0. The van der Waals surface area contributed by atoms with E-state index in [1.165, 1.54) is 12.2 Å². The van der Waals surface area contributed by atoms with Gasteiger partial charge in [-0.1, -0.05) is 0 Å².